The number of fused-ring (bicyclic) bond motifs is 3. The number of benzene rings is 2. The van der Waals surface area contributed by atoms with Crippen molar-refractivity contribution >= 4 is 39.7 Å². The summed E-state index contributed by atoms with van der Waals surface area (Å²) in [6.45, 7) is 5.89. The molecule has 0 aliphatic rings. The van der Waals surface area contributed by atoms with E-state index in [1.807, 2.05) is 23.3 Å². The van der Waals surface area contributed by atoms with Gasteiger partial charge in [-0.1, -0.05) is 23.9 Å². The van der Waals surface area contributed by atoms with Gasteiger partial charge in [0.25, 0.3) is 0 Å². The first-order valence-electron chi connectivity index (χ1n) is 11.5. The van der Waals surface area contributed by atoms with Crippen LogP contribution in [0.1, 0.15) is 38.7 Å². The van der Waals surface area contributed by atoms with Crippen LogP contribution >= 0.6 is 11.8 Å². The van der Waals surface area contributed by atoms with Gasteiger partial charge in [0, 0.05) is 37.2 Å². The zero-order valence-corrected chi connectivity index (χ0v) is 20.1. The van der Waals surface area contributed by atoms with E-state index in [9.17, 15) is 13.6 Å². The highest BCUT2D eigenvalue weighted by Crippen LogP contribution is 2.29. The average Bonchev–Trinajstić information content (AvgIpc) is 3.13. The highest BCUT2D eigenvalue weighted by atomic mass is 32.2. The van der Waals surface area contributed by atoms with Crippen molar-refractivity contribution in [2.45, 2.75) is 44.8 Å². The smallest absolute Gasteiger partial charge is 0.222 e. The molecule has 0 aliphatic heterocycles. The van der Waals surface area contributed by atoms with Crippen molar-refractivity contribution in [2.75, 3.05) is 18.8 Å². The fourth-order valence-electron chi connectivity index (χ4n) is 3.98. The number of carbonyl (C=O) groups is 1. The Morgan fingerprint density at radius 1 is 1.00 bits per heavy atom. The third-order valence-corrected chi connectivity index (χ3v) is 6.72. The summed E-state index contributed by atoms with van der Waals surface area (Å²) in [5, 5.41) is 9.78. The van der Waals surface area contributed by atoms with E-state index in [1.54, 1.807) is 18.2 Å². The molecule has 0 aliphatic carbocycles. The maximum atomic E-state index is 14.0. The molecule has 1 amide bonds. The van der Waals surface area contributed by atoms with Gasteiger partial charge < -0.3 is 9.47 Å². The summed E-state index contributed by atoms with van der Waals surface area (Å²) < 4.78 is 29.3. The summed E-state index contributed by atoms with van der Waals surface area (Å²) >= 11 is 1.49. The van der Waals surface area contributed by atoms with E-state index in [-0.39, 0.29) is 17.5 Å². The minimum Gasteiger partial charge on any atom is -0.343 e. The van der Waals surface area contributed by atoms with E-state index in [1.165, 1.54) is 36.0 Å². The van der Waals surface area contributed by atoms with Crippen LogP contribution in [0.3, 0.4) is 0 Å². The van der Waals surface area contributed by atoms with E-state index < -0.39 is 0 Å². The maximum absolute atomic E-state index is 14.0. The van der Waals surface area contributed by atoms with Gasteiger partial charge >= 0.3 is 0 Å². The van der Waals surface area contributed by atoms with Crippen LogP contribution in [0.2, 0.25) is 0 Å². The Morgan fingerprint density at radius 3 is 2.47 bits per heavy atom. The number of carbonyl (C=O) groups excluding carboxylic acids is 1. The lowest BCUT2D eigenvalue weighted by Crippen LogP contribution is -2.30. The predicted octanol–water partition coefficient (Wildman–Crippen LogP) is 5.44. The van der Waals surface area contributed by atoms with E-state index in [0.717, 1.165) is 42.8 Å². The first-order valence-corrected chi connectivity index (χ1v) is 12.5. The molecule has 0 unspecified atom stereocenters. The SMILES string of the molecule is CCN(CC)C(=O)CCCCSc1nnc2c3cc(F)ccc3n(Cc3ccc(F)cc3)c2n1. The number of amides is 1. The Bertz CT molecular complexity index is 1290. The zero-order valence-electron chi connectivity index (χ0n) is 19.3. The van der Waals surface area contributed by atoms with Crippen LogP contribution in [0.25, 0.3) is 22.1 Å². The predicted molar refractivity (Wildman–Crippen MR) is 131 cm³/mol. The molecule has 2 aromatic carbocycles. The van der Waals surface area contributed by atoms with Crippen LogP contribution in [-0.2, 0) is 11.3 Å². The Kier molecular flexibility index (Phi) is 7.72. The standard InChI is InChI=1S/C25H27F2N5OS/c1-3-31(4-2)22(33)7-5-6-14-34-25-28-24-23(29-30-25)20-15-19(27)12-13-21(20)32(24)16-17-8-10-18(26)11-9-17/h8-13,15H,3-7,14,16H2,1-2H3. The molecule has 0 saturated heterocycles. The first-order chi connectivity index (χ1) is 16.5. The molecule has 0 bridgehead atoms. The van der Waals surface area contributed by atoms with Crippen molar-refractivity contribution in [3.8, 4) is 0 Å². The molecular weight excluding hydrogens is 456 g/mol. The number of aromatic nitrogens is 4. The summed E-state index contributed by atoms with van der Waals surface area (Å²) in [4.78, 5) is 18.7. The van der Waals surface area contributed by atoms with Gasteiger partial charge in [0.05, 0.1) is 5.52 Å². The molecule has 2 heterocycles. The number of nitrogens with zero attached hydrogens (tertiary/aromatic N) is 5. The summed E-state index contributed by atoms with van der Waals surface area (Å²) in [6.07, 6.45) is 2.21. The van der Waals surface area contributed by atoms with Gasteiger partial charge in [0.1, 0.15) is 17.2 Å². The molecule has 0 radical (unpaired) electrons. The van der Waals surface area contributed by atoms with E-state index in [0.29, 0.717) is 34.7 Å². The number of unbranched alkanes of at least 4 members (excludes halogenated alkanes) is 1. The van der Waals surface area contributed by atoms with E-state index in [4.69, 9.17) is 4.98 Å². The Hall–Kier alpha value is -3.07. The van der Waals surface area contributed by atoms with Crippen LogP contribution in [-0.4, -0.2) is 49.4 Å². The van der Waals surface area contributed by atoms with E-state index >= 15 is 0 Å². The second-order valence-electron chi connectivity index (χ2n) is 8.01. The molecule has 4 rings (SSSR count). The number of thioether (sulfide) groups is 1. The second-order valence-corrected chi connectivity index (χ2v) is 9.07. The molecule has 0 spiro atoms. The zero-order chi connectivity index (χ0) is 24.1. The van der Waals surface area contributed by atoms with Crippen molar-refractivity contribution in [2.24, 2.45) is 0 Å². The summed E-state index contributed by atoms with van der Waals surface area (Å²) in [7, 11) is 0. The molecule has 0 atom stereocenters. The molecule has 0 fully saturated rings. The largest absolute Gasteiger partial charge is 0.343 e. The topological polar surface area (TPSA) is 63.9 Å². The number of halogens is 2. The lowest BCUT2D eigenvalue weighted by Gasteiger charge is -2.18. The highest BCUT2D eigenvalue weighted by Gasteiger charge is 2.16. The molecule has 0 N–H and O–H groups in total. The van der Waals surface area contributed by atoms with Crippen molar-refractivity contribution in [3.63, 3.8) is 0 Å². The normalized spacial score (nSPS) is 11.4. The average molecular weight is 484 g/mol. The van der Waals surface area contributed by atoms with Gasteiger partial charge in [-0.3, -0.25) is 4.79 Å². The number of hydrogen-bond acceptors (Lipinski definition) is 5. The van der Waals surface area contributed by atoms with Crippen LogP contribution in [0.4, 0.5) is 8.78 Å². The Labute approximate surface area is 201 Å². The third-order valence-electron chi connectivity index (χ3n) is 5.80. The third kappa shape index (κ3) is 5.35. The maximum Gasteiger partial charge on any atom is 0.222 e. The monoisotopic (exact) mass is 483 g/mol. The first kappa shape index (κ1) is 24.1. The molecule has 2 aromatic heterocycles. The molecule has 9 heteroatoms. The van der Waals surface area contributed by atoms with Crippen LogP contribution in [0.15, 0.2) is 47.6 Å². The van der Waals surface area contributed by atoms with Crippen molar-refractivity contribution in [1.29, 1.82) is 0 Å². The van der Waals surface area contributed by atoms with Crippen LogP contribution in [0, 0.1) is 11.6 Å². The molecule has 6 nitrogen and oxygen atoms in total. The van der Waals surface area contributed by atoms with Gasteiger partial charge in [-0.2, -0.15) is 0 Å². The number of rotatable bonds is 10. The van der Waals surface area contributed by atoms with Crippen LogP contribution < -0.4 is 0 Å². The molecule has 4 aromatic rings. The fourth-order valence-corrected chi connectivity index (χ4v) is 4.76. The molecule has 0 saturated carbocycles. The van der Waals surface area contributed by atoms with Crippen molar-refractivity contribution in [3.05, 3.63) is 59.7 Å². The Balaban J connectivity index is 1.52. The molecule has 178 valence electrons. The Morgan fingerprint density at radius 2 is 1.74 bits per heavy atom. The summed E-state index contributed by atoms with van der Waals surface area (Å²) in [5.41, 5.74) is 2.83. The minimum atomic E-state index is -0.354. The minimum absolute atomic E-state index is 0.187. The fraction of sp³-hybridized carbons (Fsp3) is 0.360. The van der Waals surface area contributed by atoms with Gasteiger partial charge in [0.2, 0.25) is 11.1 Å². The number of hydrogen-bond donors (Lipinski definition) is 0. The lowest BCUT2D eigenvalue weighted by atomic mass is 10.2. The summed E-state index contributed by atoms with van der Waals surface area (Å²) in [6, 6.07) is 10.8. The van der Waals surface area contributed by atoms with Gasteiger partial charge in [-0.25, -0.2) is 13.8 Å². The second kappa shape index (κ2) is 10.9. The van der Waals surface area contributed by atoms with Gasteiger partial charge in [0.15, 0.2) is 5.65 Å². The highest BCUT2D eigenvalue weighted by molar-refractivity contribution is 7.99. The summed E-state index contributed by atoms with van der Waals surface area (Å²) in [5.74, 6) is 0.306. The molecule has 34 heavy (non-hydrogen) atoms. The van der Waals surface area contributed by atoms with Gasteiger partial charge in [-0.05, 0) is 62.6 Å². The van der Waals surface area contributed by atoms with Crippen molar-refractivity contribution in [1.82, 2.24) is 24.6 Å². The van der Waals surface area contributed by atoms with Gasteiger partial charge in [-0.15, -0.1) is 10.2 Å². The van der Waals surface area contributed by atoms with Crippen LogP contribution in [0.5, 0.6) is 0 Å². The quantitative estimate of drug-likeness (QED) is 0.222. The van der Waals surface area contributed by atoms with E-state index in [2.05, 4.69) is 10.2 Å². The lowest BCUT2D eigenvalue weighted by molar-refractivity contribution is -0.130. The van der Waals surface area contributed by atoms with Crippen molar-refractivity contribution < 1.29 is 13.6 Å². The molecular formula is C25H27F2N5OS.